The SMILES string of the molecule is C[C@H]1CCN1c1nc2c(c(-c3cnn(C)c3)n1)CCC2. The van der Waals surface area contributed by atoms with Crippen LogP contribution >= 0.6 is 0 Å². The normalized spacial score (nSPS) is 20.9. The van der Waals surface area contributed by atoms with E-state index in [-0.39, 0.29) is 0 Å². The smallest absolute Gasteiger partial charge is 0.226 e. The molecule has 0 bridgehead atoms. The highest BCUT2D eigenvalue weighted by Crippen LogP contribution is 2.33. The molecule has 1 aliphatic heterocycles. The molecule has 0 N–H and O–H groups in total. The van der Waals surface area contributed by atoms with Crippen LogP contribution in [0.1, 0.15) is 31.0 Å². The quantitative estimate of drug-likeness (QED) is 0.836. The van der Waals surface area contributed by atoms with Gasteiger partial charge in [-0.1, -0.05) is 0 Å². The Kier molecular flexibility index (Phi) is 2.55. The lowest BCUT2D eigenvalue weighted by Crippen LogP contribution is -2.46. The summed E-state index contributed by atoms with van der Waals surface area (Å²) in [7, 11) is 1.95. The number of aromatic nitrogens is 4. The number of hydrogen-bond donors (Lipinski definition) is 0. The largest absolute Gasteiger partial charge is 0.338 e. The summed E-state index contributed by atoms with van der Waals surface area (Å²) in [5, 5.41) is 4.28. The zero-order valence-corrected chi connectivity index (χ0v) is 12.0. The molecular weight excluding hydrogens is 250 g/mol. The second-order valence-corrected chi connectivity index (χ2v) is 5.88. The van der Waals surface area contributed by atoms with Crippen molar-refractivity contribution in [1.29, 1.82) is 0 Å². The van der Waals surface area contributed by atoms with Crippen LogP contribution < -0.4 is 4.90 Å². The van der Waals surface area contributed by atoms with Crippen LogP contribution in [0, 0.1) is 0 Å². The Morgan fingerprint density at radius 2 is 2.15 bits per heavy atom. The van der Waals surface area contributed by atoms with Gasteiger partial charge in [-0.3, -0.25) is 4.68 Å². The van der Waals surface area contributed by atoms with Crippen molar-refractivity contribution >= 4 is 5.95 Å². The Morgan fingerprint density at radius 3 is 2.80 bits per heavy atom. The van der Waals surface area contributed by atoms with Crippen molar-refractivity contribution < 1.29 is 0 Å². The molecule has 104 valence electrons. The van der Waals surface area contributed by atoms with E-state index in [4.69, 9.17) is 9.97 Å². The lowest BCUT2D eigenvalue weighted by atomic mass is 10.1. The molecule has 0 radical (unpaired) electrons. The summed E-state index contributed by atoms with van der Waals surface area (Å²) in [6, 6.07) is 0.566. The molecule has 5 heteroatoms. The number of fused-ring (bicyclic) bond motifs is 1. The molecule has 3 heterocycles. The summed E-state index contributed by atoms with van der Waals surface area (Å²) in [6.45, 7) is 3.32. The molecular formula is C15H19N5. The van der Waals surface area contributed by atoms with Gasteiger partial charge < -0.3 is 4.90 Å². The minimum atomic E-state index is 0.566. The molecule has 1 fully saturated rings. The lowest BCUT2D eigenvalue weighted by Gasteiger charge is -2.39. The van der Waals surface area contributed by atoms with Crippen molar-refractivity contribution in [3.05, 3.63) is 23.7 Å². The van der Waals surface area contributed by atoms with Crippen LogP contribution in [0.15, 0.2) is 12.4 Å². The predicted molar refractivity (Wildman–Crippen MR) is 77.7 cm³/mol. The standard InChI is InChI=1S/C15H19N5/c1-10-6-7-20(10)15-17-13-5-3-4-12(13)14(18-15)11-8-16-19(2)9-11/h8-10H,3-7H2,1-2H3/t10-/m0/s1. The number of aryl methyl sites for hydroxylation is 2. The fourth-order valence-electron chi connectivity index (χ4n) is 3.14. The molecule has 20 heavy (non-hydrogen) atoms. The molecule has 2 aliphatic rings. The van der Waals surface area contributed by atoms with Gasteiger partial charge in [0.25, 0.3) is 0 Å². The van der Waals surface area contributed by atoms with E-state index in [1.807, 2.05) is 24.1 Å². The van der Waals surface area contributed by atoms with Gasteiger partial charge in [-0.25, -0.2) is 9.97 Å². The molecule has 0 saturated carbocycles. The van der Waals surface area contributed by atoms with Gasteiger partial charge in [0.1, 0.15) is 0 Å². The maximum atomic E-state index is 4.86. The molecule has 5 nitrogen and oxygen atoms in total. The Balaban J connectivity index is 1.84. The number of anilines is 1. The minimum Gasteiger partial charge on any atom is -0.338 e. The highest BCUT2D eigenvalue weighted by Gasteiger charge is 2.29. The molecule has 2 aromatic heterocycles. The van der Waals surface area contributed by atoms with E-state index in [0.29, 0.717) is 6.04 Å². The molecule has 1 aliphatic carbocycles. The van der Waals surface area contributed by atoms with Gasteiger partial charge in [0, 0.05) is 42.7 Å². The van der Waals surface area contributed by atoms with Crippen molar-refractivity contribution in [2.75, 3.05) is 11.4 Å². The highest BCUT2D eigenvalue weighted by molar-refractivity contribution is 5.65. The van der Waals surface area contributed by atoms with Crippen molar-refractivity contribution in [1.82, 2.24) is 19.7 Å². The second-order valence-electron chi connectivity index (χ2n) is 5.88. The number of rotatable bonds is 2. The summed E-state index contributed by atoms with van der Waals surface area (Å²) < 4.78 is 1.84. The maximum absolute atomic E-state index is 4.86. The van der Waals surface area contributed by atoms with Crippen molar-refractivity contribution in [3.8, 4) is 11.3 Å². The fourth-order valence-corrected chi connectivity index (χ4v) is 3.14. The Morgan fingerprint density at radius 1 is 1.25 bits per heavy atom. The average molecular weight is 269 g/mol. The molecule has 0 spiro atoms. The lowest BCUT2D eigenvalue weighted by molar-refractivity contribution is 0.470. The van der Waals surface area contributed by atoms with E-state index in [2.05, 4.69) is 16.9 Å². The molecule has 0 aromatic carbocycles. The summed E-state index contributed by atoms with van der Waals surface area (Å²) in [5.41, 5.74) is 4.78. The van der Waals surface area contributed by atoms with Crippen molar-refractivity contribution in [3.63, 3.8) is 0 Å². The first kappa shape index (κ1) is 11.9. The summed E-state index contributed by atoms with van der Waals surface area (Å²) in [5.74, 6) is 0.906. The van der Waals surface area contributed by atoms with Gasteiger partial charge in [0.15, 0.2) is 0 Å². The van der Waals surface area contributed by atoms with Crippen molar-refractivity contribution in [2.24, 2.45) is 7.05 Å². The first-order valence-electron chi connectivity index (χ1n) is 7.38. The molecule has 1 saturated heterocycles. The van der Waals surface area contributed by atoms with Crippen LogP contribution in [0.3, 0.4) is 0 Å². The van der Waals surface area contributed by atoms with Gasteiger partial charge >= 0.3 is 0 Å². The Labute approximate surface area is 118 Å². The van der Waals surface area contributed by atoms with Gasteiger partial charge in [0.2, 0.25) is 5.95 Å². The summed E-state index contributed by atoms with van der Waals surface area (Å²) in [6.07, 6.45) is 8.56. The molecule has 2 aromatic rings. The van der Waals surface area contributed by atoms with E-state index in [0.717, 1.165) is 36.6 Å². The maximum Gasteiger partial charge on any atom is 0.226 e. The van der Waals surface area contributed by atoms with E-state index in [9.17, 15) is 0 Å². The number of nitrogens with zero attached hydrogens (tertiary/aromatic N) is 5. The molecule has 0 amide bonds. The van der Waals surface area contributed by atoms with E-state index >= 15 is 0 Å². The minimum absolute atomic E-state index is 0.566. The molecule has 0 unspecified atom stereocenters. The third-order valence-corrected chi connectivity index (χ3v) is 4.48. The van der Waals surface area contributed by atoms with E-state index < -0.39 is 0 Å². The van der Waals surface area contributed by atoms with E-state index in [1.165, 1.54) is 24.1 Å². The van der Waals surface area contributed by atoms with Gasteiger partial charge in [0.05, 0.1) is 11.9 Å². The third kappa shape index (κ3) is 1.72. The van der Waals surface area contributed by atoms with Crippen LogP contribution in [0.25, 0.3) is 11.3 Å². The zero-order valence-electron chi connectivity index (χ0n) is 12.0. The average Bonchev–Trinajstić information content (AvgIpc) is 3.04. The summed E-state index contributed by atoms with van der Waals surface area (Å²) in [4.78, 5) is 12.0. The van der Waals surface area contributed by atoms with Crippen LogP contribution in [-0.4, -0.2) is 32.3 Å². The molecule has 1 atom stereocenters. The van der Waals surface area contributed by atoms with Crippen molar-refractivity contribution in [2.45, 2.75) is 38.6 Å². The highest BCUT2D eigenvalue weighted by atomic mass is 15.3. The Hall–Kier alpha value is -1.91. The topological polar surface area (TPSA) is 46.8 Å². The second kappa shape index (κ2) is 4.30. The van der Waals surface area contributed by atoms with Crippen LogP contribution in [0.5, 0.6) is 0 Å². The molecule has 4 rings (SSSR count). The van der Waals surface area contributed by atoms with Gasteiger partial charge in [-0.15, -0.1) is 0 Å². The van der Waals surface area contributed by atoms with Crippen LogP contribution in [0.4, 0.5) is 5.95 Å². The zero-order chi connectivity index (χ0) is 13.7. The van der Waals surface area contributed by atoms with Crippen LogP contribution in [0.2, 0.25) is 0 Å². The monoisotopic (exact) mass is 269 g/mol. The number of hydrogen-bond acceptors (Lipinski definition) is 4. The van der Waals surface area contributed by atoms with E-state index in [1.54, 1.807) is 0 Å². The Bertz CT molecular complexity index is 660. The third-order valence-electron chi connectivity index (χ3n) is 4.48. The van der Waals surface area contributed by atoms with Crippen LogP contribution in [-0.2, 0) is 19.9 Å². The predicted octanol–water partition coefficient (Wildman–Crippen LogP) is 1.96. The first-order chi connectivity index (χ1) is 9.72. The fraction of sp³-hybridized carbons (Fsp3) is 0.533. The van der Waals surface area contributed by atoms with Gasteiger partial charge in [-0.2, -0.15) is 5.10 Å². The first-order valence-corrected chi connectivity index (χ1v) is 7.38. The summed E-state index contributed by atoms with van der Waals surface area (Å²) >= 11 is 0. The van der Waals surface area contributed by atoms with Gasteiger partial charge in [-0.05, 0) is 32.6 Å².